The van der Waals surface area contributed by atoms with Crippen LogP contribution in [-0.4, -0.2) is 74.7 Å². The molecule has 1 aliphatic rings. The van der Waals surface area contributed by atoms with Crippen LogP contribution in [0.5, 0.6) is 5.88 Å². The minimum absolute atomic E-state index is 0.125. The van der Waals surface area contributed by atoms with Gasteiger partial charge >= 0.3 is 0 Å². The number of aliphatic hydroxyl groups is 1. The molecule has 196 valence electrons. The van der Waals surface area contributed by atoms with Crippen LogP contribution >= 0.6 is 0 Å². The van der Waals surface area contributed by atoms with Crippen LogP contribution < -0.4 is 15.0 Å². The molecule has 1 saturated heterocycles. The van der Waals surface area contributed by atoms with Gasteiger partial charge in [-0.1, -0.05) is 6.07 Å². The summed E-state index contributed by atoms with van der Waals surface area (Å²) in [6.07, 6.45) is 3.42. The Morgan fingerprint density at radius 2 is 1.95 bits per heavy atom. The van der Waals surface area contributed by atoms with Crippen molar-refractivity contribution in [3.63, 3.8) is 0 Å². The molecule has 0 aliphatic carbocycles. The molecule has 1 atom stereocenters. The van der Waals surface area contributed by atoms with E-state index in [0.29, 0.717) is 37.9 Å². The molecule has 0 spiro atoms. The molecule has 1 aliphatic heterocycles. The van der Waals surface area contributed by atoms with Crippen LogP contribution in [0.3, 0.4) is 0 Å². The second-order valence-electron chi connectivity index (χ2n) is 8.95. The van der Waals surface area contributed by atoms with Crippen molar-refractivity contribution in [3.8, 4) is 17.0 Å². The summed E-state index contributed by atoms with van der Waals surface area (Å²) in [6, 6.07) is 10.2. The van der Waals surface area contributed by atoms with Crippen LogP contribution in [0.2, 0.25) is 0 Å². The monoisotopic (exact) mass is 526 g/mol. The molecule has 10 nitrogen and oxygen atoms in total. The first-order chi connectivity index (χ1) is 17.6. The van der Waals surface area contributed by atoms with Gasteiger partial charge in [0.05, 0.1) is 19.3 Å². The molecule has 11 heteroatoms. The normalized spacial score (nSPS) is 14.8. The molecule has 0 saturated carbocycles. The summed E-state index contributed by atoms with van der Waals surface area (Å²) in [6.45, 7) is 6.31. The Morgan fingerprint density at radius 3 is 2.65 bits per heavy atom. The van der Waals surface area contributed by atoms with Gasteiger partial charge in [-0.25, -0.2) is 18.4 Å². The predicted octanol–water partition coefficient (Wildman–Crippen LogP) is 2.70. The second-order valence-corrected chi connectivity index (χ2v) is 10.9. The summed E-state index contributed by atoms with van der Waals surface area (Å²) < 4.78 is 34.9. The highest BCUT2D eigenvalue weighted by molar-refractivity contribution is 7.90. The number of pyridine rings is 2. The lowest BCUT2D eigenvalue weighted by atomic mass is 10.0. The van der Waals surface area contributed by atoms with Crippen LogP contribution in [0.15, 0.2) is 53.8 Å². The fraction of sp³-hybridized carbons (Fsp3) is 0.346. The highest BCUT2D eigenvalue weighted by Gasteiger charge is 2.20. The summed E-state index contributed by atoms with van der Waals surface area (Å²) in [5.74, 6) is -0.0101. The molecule has 2 aromatic heterocycles. The molecule has 1 aromatic carbocycles. The minimum atomic E-state index is -3.54. The van der Waals surface area contributed by atoms with E-state index in [0.717, 1.165) is 28.6 Å². The molecule has 3 heterocycles. The van der Waals surface area contributed by atoms with Gasteiger partial charge in [0.25, 0.3) is 5.91 Å². The van der Waals surface area contributed by atoms with Gasteiger partial charge in [0.2, 0.25) is 5.88 Å². The number of hydrogen-bond donors (Lipinski definition) is 2. The number of nitrogens with zero attached hydrogens (tertiary/aromatic N) is 3. The van der Waals surface area contributed by atoms with Crippen LogP contribution in [-0.2, 0) is 14.6 Å². The SMILES string of the molecule is Cc1ccc(NC(=O)c2ccnc(S(C)(=O)=O)c2)cc1-c1cnc(OC[C@@H](C)O)c(N2CCOCC2)c1. The van der Waals surface area contributed by atoms with Gasteiger partial charge in [-0.05, 0) is 55.3 Å². The first kappa shape index (κ1) is 26.5. The van der Waals surface area contributed by atoms with E-state index in [1.807, 2.05) is 25.1 Å². The number of amides is 1. The van der Waals surface area contributed by atoms with E-state index < -0.39 is 21.8 Å². The van der Waals surface area contributed by atoms with Gasteiger partial charge in [-0.2, -0.15) is 0 Å². The summed E-state index contributed by atoms with van der Waals surface area (Å²) >= 11 is 0. The quantitative estimate of drug-likeness (QED) is 0.455. The lowest BCUT2D eigenvalue weighted by Gasteiger charge is -2.30. The van der Waals surface area contributed by atoms with Crippen LogP contribution in [0.25, 0.3) is 11.1 Å². The van der Waals surface area contributed by atoms with Crippen LogP contribution in [0, 0.1) is 6.92 Å². The Morgan fingerprint density at radius 1 is 1.19 bits per heavy atom. The zero-order valence-corrected chi connectivity index (χ0v) is 21.8. The molecule has 3 aromatic rings. The van der Waals surface area contributed by atoms with Crippen molar-refractivity contribution in [2.45, 2.75) is 25.0 Å². The lowest BCUT2D eigenvalue weighted by molar-refractivity contribution is 0.102. The number of aliphatic hydroxyl groups excluding tert-OH is 1. The molecule has 2 N–H and O–H groups in total. The van der Waals surface area contributed by atoms with Gasteiger partial charge in [-0.15, -0.1) is 0 Å². The molecule has 4 rings (SSSR count). The van der Waals surface area contributed by atoms with E-state index in [2.05, 4.69) is 20.2 Å². The van der Waals surface area contributed by atoms with Crippen molar-refractivity contribution < 1.29 is 27.8 Å². The Kier molecular flexibility index (Phi) is 8.06. The van der Waals surface area contributed by atoms with Crippen molar-refractivity contribution >= 4 is 27.1 Å². The third-order valence-electron chi connectivity index (χ3n) is 5.83. The summed E-state index contributed by atoms with van der Waals surface area (Å²) in [7, 11) is -3.54. The highest BCUT2D eigenvalue weighted by Crippen LogP contribution is 2.34. The van der Waals surface area contributed by atoms with E-state index >= 15 is 0 Å². The Labute approximate surface area is 216 Å². The number of ether oxygens (including phenoxy) is 2. The zero-order chi connectivity index (χ0) is 26.6. The summed E-state index contributed by atoms with van der Waals surface area (Å²) in [4.78, 5) is 23.4. The summed E-state index contributed by atoms with van der Waals surface area (Å²) in [5.41, 5.74) is 4.23. The number of sulfone groups is 1. The molecule has 0 radical (unpaired) electrons. The molecule has 0 unspecified atom stereocenters. The third kappa shape index (κ3) is 6.62. The van der Waals surface area contributed by atoms with Gasteiger partial charge in [0.15, 0.2) is 14.9 Å². The highest BCUT2D eigenvalue weighted by atomic mass is 32.2. The number of rotatable bonds is 8. The van der Waals surface area contributed by atoms with Crippen molar-refractivity contribution in [1.82, 2.24) is 9.97 Å². The molecular formula is C26H30N4O6S. The number of aromatic nitrogens is 2. The maximum absolute atomic E-state index is 12.9. The first-order valence-corrected chi connectivity index (χ1v) is 13.7. The minimum Gasteiger partial charge on any atom is -0.473 e. The molecule has 1 amide bonds. The number of morpholine rings is 1. The number of aryl methyl sites for hydroxylation is 1. The largest absolute Gasteiger partial charge is 0.473 e. The Balaban J connectivity index is 1.64. The van der Waals surface area contributed by atoms with Crippen molar-refractivity contribution in [2.75, 3.05) is 49.4 Å². The van der Waals surface area contributed by atoms with Crippen LogP contribution in [0.1, 0.15) is 22.8 Å². The van der Waals surface area contributed by atoms with Gasteiger partial charge in [0.1, 0.15) is 12.3 Å². The molecule has 1 fully saturated rings. The number of hydrogen-bond acceptors (Lipinski definition) is 9. The van der Waals surface area contributed by atoms with E-state index in [1.54, 1.807) is 19.2 Å². The van der Waals surface area contributed by atoms with Gasteiger partial charge in [0, 0.05) is 48.6 Å². The number of nitrogens with one attached hydrogen (secondary N) is 1. The molecular weight excluding hydrogens is 496 g/mol. The number of anilines is 2. The first-order valence-electron chi connectivity index (χ1n) is 11.8. The number of benzene rings is 1. The topological polar surface area (TPSA) is 131 Å². The van der Waals surface area contributed by atoms with Crippen molar-refractivity contribution in [1.29, 1.82) is 0 Å². The predicted molar refractivity (Wildman–Crippen MR) is 140 cm³/mol. The van der Waals surface area contributed by atoms with Gasteiger partial charge < -0.3 is 24.8 Å². The maximum atomic E-state index is 12.9. The average molecular weight is 527 g/mol. The molecule has 37 heavy (non-hydrogen) atoms. The van der Waals surface area contributed by atoms with Gasteiger partial charge in [-0.3, -0.25) is 4.79 Å². The summed E-state index contributed by atoms with van der Waals surface area (Å²) in [5, 5.41) is 12.3. The van der Waals surface area contributed by atoms with Crippen molar-refractivity contribution in [3.05, 3.63) is 59.9 Å². The zero-order valence-electron chi connectivity index (χ0n) is 21.0. The Hall–Kier alpha value is -3.54. The van der Waals surface area contributed by atoms with Crippen molar-refractivity contribution in [2.24, 2.45) is 0 Å². The second kappa shape index (κ2) is 11.2. The fourth-order valence-electron chi connectivity index (χ4n) is 3.90. The number of carbonyl (C=O) groups is 1. The van der Waals surface area contributed by atoms with E-state index in [1.165, 1.54) is 18.3 Å². The van der Waals surface area contributed by atoms with E-state index in [-0.39, 0.29) is 17.2 Å². The van der Waals surface area contributed by atoms with E-state index in [9.17, 15) is 18.3 Å². The van der Waals surface area contributed by atoms with Crippen LogP contribution in [0.4, 0.5) is 11.4 Å². The van der Waals surface area contributed by atoms with E-state index in [4.69, 9.17) is 9.47 Å². The Bertz CT molecular complexity index is 1390. The fourth-order valence-corrected chi connectivity index (χ4v) is 4.49. The maximum Gasteiger partial charge on any atom is 0.255 e. The smallest absolute Gasteiger partial charge is 0.255 e. The number of carbonyl (C=O) groups excluding carboxylic acids is 1. The average Bonchev–Trinajstić information content (AvgIpc) is 2.88. The lowest BCUT2D eigenvalue weighted by Crippen LogP contribution is -2.36. The molecule has 0 bridgehead atoms. The standard InChI is InChI=1S/C26H30N4O6S/c1-17-4-5-21(29-25(32)19-6-7-27-24(13-19)37(3,33)34)14-22(17)20-12-23(30-8-10-35-11-9-30)26(28-15-20)36-16-18(2)31/h4-7,12-15,18,31H,8-11,16H2,1-3H3,(H,29,32)/t18-/m1/s1. The third-order valence-corrected chi connectivity index (χ3v) is 6.81.